The van der Waals surface area contributed by atoms with Gasteiger partial charge in [0.2, 0.25) is 0 Å². The zero-order valence-corrected chi connectivity index (χ0v) is 15.8. The van der Waals surface area contributed by atoms with Gasteiger partial charge in [0.15, 0.2) is 5.96 Å². The number of hydrogen-bond donors (Lipinski definition) is 3. The van der Waals surface area contributed by atoms with E-state index in [1.807, 2.05) is 11.8 Å². The van der Waals surface area contributed by atoms with Gasteiger partial charge in [-0.25, -0.2) is 0 Å². The van der Waals surface area contributed by atoms with E-state index in [1.54, 1.807) is 0 Å². The maximum absolute atomic E-state index is 10.6. The Bertz CT molecular complexity index is 569. The third-order valence-electron chi connectivity index (χ3n) is 4.76. The molecule has 0 radical (unpaired) electrons. The van der Waals surface area contributed by atoms with E-state index in [9.17, 15) is 5.11 Å². The topological polar surface area (TPSA) is 65.9 Å². The first kappa shape index (κ1) is 18.5. The second-order valence-corrected chi connectivity index (χ2v) is 8.53. The summed E-state index contributed by atoms with van der Waals surface area (Å²) >= 11 is 1.95. The number of ether oxygens (including phenoxy) is 1. The zero-order chi connectivity index (χ0) is 17.6. The molecule has 25 heavy (non-hydrogen) atoms. The molecule has 0 spiro atoms. The van der Waals surface area contributed by atoms with Crippen LogP contribution in [0.25, 0.3) is 0 Å². The SMILES string of the molecule is CCNC(=NCC1(O)CCOCC1)NCC1(Sc2ccccc2)CC1. The predicted octanol–water partition coefficient (Wildman–Crippen LogP) is 2.41. The van der Waals surface area contributed by atoms with Gasteiger partial charge in [0.05, 0.1) is 12.1 Å². The molecule has 3 rings (SSSR count). The van der Waals surface area contributed by atoms with Crippen LogP contribution in [-0.4, -0.2) is 54.3 Å². The Morgan fingerprint density at radius 3 is 2.52 bits per heavy atom. The van der Waals surface area contributed by atoms with Gasteiger partial charge >= 0.3 is 0 Å². The molecule has 0 atom stereocenters. The minimum absolute atomic E-state index is 0.271. The summed E-state index contributed by atoms with van der Waals surface area (Å²) in [5.74, 6) is 0.794. The Kier molecular flexibility index (Phi) is 6.25. The van der Waals surface area contributed by atoms with Crippen LogP contribution in [0.3, 0.4) is 0 Å². The van der Waals surface area contributed by atoms with Crippen molar-refractivity contribution in [3.8, 4) is 0 Å². The van der Waals surface area contributed by atoms with Gasteiger partial charge in [0, 0.05) is 48.8 Å². The van der Waals surface area contributed by atoms with Crippen LogP contribution in [0.1, 0.15) is 32.6 Å². The number of nitrogens with zero attached hydrogens (tertiary/aromatic N) is 1. The minimum Gasteiger partial charge on any atom is -0.388 e. The molecule has 1 aromatic rings. The van der Waals surface area contributed by atoms with E-state index in [0.29, 0.717) is 32.6 Å². The van der Waals surface area contributed by atoms with Gasteiger partial charge < -0.3 is 20.5 Å². The number of aliphatic hydroxyl groups is 1. The lowest BCUT2D eigenvalue weighted by Gasteiger charge is -2.30. The molecule has 0 aromatic heterocycles. The Morgan fingerprint density at radius 2 is 1.88 bits per heavy atom. The molecule has 5 nitrogen and oxygen atoms in total. The summed E-state index contributed by atoms with van der Waals surface area (Å²) in [5, 5.41) is 17.3. The van der Waals surface area contributed by atoms with Crippen LogP contribution in [0.5, 0.6) is 0 Å². The Morgan fingerprint density at radius 1 is 1.16 bits per heavy atom. The number of thioether (sulfide) groups is 1. The summed E-state index contributed by atoms with van der Waals surface area (Å²) in [6.45, 7) is 5.42. The molecule has 1 aliphatic heterocycles. The van der Waals surface area contributed by atoms with Crippen LogP contribution in [0, 0.1) is 0 Å². The van der Waals surface area contributed by atoms with Crippen molar-refractivity contribution in [2.24, 2.45) is 4.99 Å². The Balaban J connectivity index is 1.53. The van der Waals surface area contributed by atoms with Crippen LogP contribution < -0.4 is 10.6 Å². The van der Waals surface area contributed by atoms with E-state index in [2.05, 4.69) is 52.9 Å². The van der Waals surface area contributed by atoms with Crippen molar-refractivity contribution in [2.75, 3.05) is 32.8 Å². The van der Waals surface area contributed by atoms with Crippen molar-refractivity contribution < 1.29 is 9.84 Å². The molecule has 3 N–H and O–H groups in total. The number of aliphatic imine (C=N–C) groups is 1. The smallest absolute Gasteiger partial charge is 0.191 e. The number of hydrogen-bond acceptors (Lipinski definition) is 4. The molecular weight excluding hydrogens is 334 g/mol. The monoisotopic (exact) mass is 363 g/mol. The van der Waals surface area contributed by atoms with Crippen LogP contribution >= 0.6 is 11.8 Å². The molecule has 1 heterocycles. The van der Waals surface area contributed by atoms with Crippen molar-refractivity contribution in [3.63, 3.8) is 0 Å². The van der Waals surface area contributed by atoms with E-state index in [-0.39, 0.29) is 4.75 Å². The molecule has 1 saturated carbocycles. The maximum atomic E-state index is 10.6. The highest BCUT2D eigenvalue weighted by molar-refractivity contribution is 8.01. The van der Waals surface area contributed by atoms with Crippen LogP contribution in [0.2, 0.25) is 0 Å². The Labute approximate surface area is 154 Å². The second kappa shape index (κ2) is 8.43. The second-order valence-electron chi connectivity index (χ2n) is 6.98. The van der Waals surface area contributed by atoms with Crippen molar-refractivity contribution in [1.29, 1.82) is 0 Å². The summed E-state index contributed by atoms with van der Waals surface area (Å²) in [6, 6.07) is 10.6. The molecule has 1 aliphatic carbocycles. The summed E-state index contributed by atoms with van der Waals surface area (Å²) in [4.78, 5) is 5.95. The average Bonchev–Trinajstić information content (AvgIpc) is 3.39. The largest absolute Gasteiger partial charge is 0.388 e. The molecule has 0 bridgehead atoms. The predicted molar refractivity (Wildman–Crippen MR) is 103 cm³/mol. The highest BCUT2D eigenvalue weighted by Gasteiger charge is 2.43. The highest BCUT2D eigenvalue weighted by Crippen LogP contribution is 2.51. The van der Waals surface area contributed by atoms with Gasteiger partial charge in [-0.15, -0.1) is 11.8 Å². The first-order chi connectivity index (χ1) is 12.1. The average molecular weight is 364 g/mol. The third kappa shape index (κ3) is 5.62. The first-order valence-electron chi connectivity index (χ1n) is 9.20. The van der Waals surface area contributed by atoms with E-state index in [1.165, 1.54) is 17.7 Å². The lowest BCUT2D eigenvalue weighted by atomic mass is 9.95. The van der Waals surface area contributed by atoms with Crippen molar-refractivity contribution >= 4 is 17.7 Å². The van der Waals surface area contributed by atoms with E-state index in [4.69, 9.17) is 4.74 Å². The number of guanidine groups is 1. The number of rotatable bonds is 7. The normalized spacial score (nSPS) is 21.6. The lowest BCUT2D eigenvalue weighted by molar-refractivity contribution is -0.0565. The molecule has 6 heteroatoms. The van der Waals surface area contributed by atoms with Crippen LogP contribution in [0.4, 0.5) is 0 Å². The summed E-state index contributed by atoms with van der Waals surface area (Å²) in [5.41, 5.74) is -0.726. The molecule has 2 aliphatic rings. The van der Waals surface area contributed by atoms with Crippen LogP contribution in [-0.2, 0) is 4.74 Å². The molecule has 1 saturated heterocycles. The van der Waals surface area contributed by atoms with Gasteiger partial charge in [0.1, 0.15) is 0 Å². The molecule has 1 aromatic carbocycles. The number of benzene rings is 1. The first-order valence-corrected chi connectivity index (χ1v) is 10.0. The summed E-state index contributed by atoms with van der Waals surface area (Å²) in [6.07, 6.45) is 3.76. The van der Waals surface area contributed by atoms with Gasteiger partial charge in [-0.1, -0.05) is 18.2 Å². The highest BCUT2D eigenvalue weighted by atomic mass is 32.2. The van der Waals surface area contributed by atoms with Crippen molar-refractivity contribution in [1.82, 2.24) is 10.6 Å². The minimum atomic E-state index is -0.726. The van der Waals surface area contributed by atoms with Gasteiger partial charge in [0.25, 0.3) is 0 Å². The van der Waals surface area contributed by atoms with Crippen LogP contribution in [0.15, 0.2) is 40.2 Å². The van der Waals surface area contributed by atoms with Crippen molar-refractivity contribution in [3.05, 3.63) is 30.3 Å². The van der Waals surface area contributed by atoms with Gasteiger partial charge in [-0.2, -0.15) is 0 Å². The third-order valence-corrected chi connectivity index (χ3v) is 6.26. The van der Waals surface area contributed by atoms with E-state index >= 15 is 0 Å². The van der Waals surface area contributed by atoms with E-state index in [0.717, 1.165) is 19.0 Å². The van der Waals surface area contributed by atoms with Gasteiger partial charge in [-0.3, -0.25) is 4.99 Å². The summed E-state index contributed by atoms with van der Waals surface area (Å²) in [7, 11) is 0. The maximum Gasteiger partial charge on any atom is 0.191 e. The zero-order valence-electron chi connectivity index (χ0n) is 15.0. The van der Waals surface area contributed by atoms with E-state index < -0.39 is 5.60 Å². The van der Waals surface area contributed by atoms with Crippen molar-refractivity contribution in [2.45, 2.75) is 47.9 Å². The quantitative estimate of drug-likeness (QED) is 0.513. The molecule has 2 fully saturated rings. The molecule has 138 valence electrons. The standard InChI is InChI=1S/C19H29N3O2S/c1-2-20-17(21-14-18(23)10-12-24-13-11-18)22-15-19(8-9-19)25-16-6-4-3-5-7-16/h3-7,23H,2,8-15H2,1H3,(H2,20,21,22). The fourth-order valence-corrected chi connectivity index (χ4v) is 4.16. The fourth-order valence-electron chi connectivity index (χ4n) is 2.92. The molecular formula is C19H29N3O2S. The Hall–Kier alpha value is -1.24. The molecule has 0 unspecified atom stereocenters. The molecule has 0 amide bonds. The number of nitrogens with one attached hydrogen (secondary N) is 2. The fraction of sp³-hybridized carbons (Fsp3) is 0.632. The summed E-state index contributed by atoms with van der Waals surface area (Å²) < 4.78 is 5.60. The lowest BCUT2D eigenvalue weighted by Crippen LogP contribution is -2.44. The van der Waals surface area contributed by atoms with Gasteiger partial charge in [-0.05, 0) is 31.9 Å².